The van der Waals surface area contributed by atoms with Gasteiger partial charge in [-0.2, -0.15) is 0 Å². The molecule has 0 fully saturated rings. The van der Waals surface area contributed by atoms with Crippen molar-refractivity contribution in [3.05, 3.63) is 39.1 Å². The van der Waals surface area contributed by atoms with Gasteiger partial charge in [0.15, 0.2) is 0 Å². The van der Waals surface area contributed by atoms with Crippen LogP contribution in [-0.2, 0) is 6.42 Å². The summed E-state index contributed by atoms with van der Waals surface area (Å²) in [5.74, 6) is 0. The second kappa shape index (κ2) is 5.38. The van der Waals surface area contributed by atoms with Crippen LogP contribution in [0.3, 0.4) is 0 Å². The van der Waals surface area contributed by atoms with Gasteiger partial charge in [0.05, 0.1) is 0 Å². The minimum Gasteiger partial charge on any atom is -0.128 e. The molecule has 0 aliphatic heterocycles. The number of hydrogen-bond acceptors (Lipinski definition) is 1. The lowest BCUT2D eigenvalue weighted by Crippen LogP contribution is -1.85. The Bertz CT molecular complexity index is 347. The van der Waals surface area contributed by atoms with E-state index >= 15 is 0 Å². The van der Waals surface area contributed by atoms with Crippen LogP contribution in [0.4, 0.5) is 0 Å². The van der Waals surface area contributed by atoms with Crippen molar-refractivity contribution in [2.45, 2.75) is 26.7 Å². The van der Waals surface area contributed by atoms with Gasteiger partial charge in [-0.1, -0.05) is 49.8 Å². The van der Waals surface area contributed by atoms with E-state index in [4.69, 9.17) is 11.6 Å². The molecule has 0 spiro atoms. The van der Waals surface area contributed by atoms with Crippen molar-refractivity contribution in [1.82, 2.24) is 0 Å². The van der Waals surface area contributed by atoms with Crippen molar-refractivity contribution >= 4 is 29.0 Å². The Labute approximate surface area is 94.9 Å². The third-order valence-corrected chi connectivity index (χ3v) is 3.49. The normalized spacial score (nSPS) is 11.1. The van der Waals surface area contributed by atoms with Crippen LogP contribution in [0.5, 0.6) is 0 Å². The van der Waals surface area contributed by atoms with Crippen LogP contribution in [0.25, 0.3) is 6.08 Å². The smallest absolute Gasteiger partial charge is 0.101 e. The van der Waals surface area contributed by atoms with Gasteiger partial charge in [-0.15, -0.1) is 11.3 Å². The predicted molar refractivity (Wildman–Crippen MR) is 67.3 cm³/mol. The van der Waals surface area contributed by atoms with E-state index in [0.29, 0.717) is 0 Å². The molecule has 0 saturated heterocycles. The highest BCUT2D eigenvalue weighted by Gasteiger charge is 2.10. The Morgan fingerprint density at radius 1 is 1.50 bits per heavy atom. The monoisotopic (exact) mass is 226 g/mol. The number of halogens is 1. The van der Waals surface area contributed by atoms with Gasteiger partial charge in [0.25, 0.3) is 0 Å². The second-order valence-electron chi connectivity index (χ2n) is 3.17. The van der Waals surface area contributed by atoms with E-state index in [1.165, 1.54) is 16.0 Å². The number of hydrogen-bond donors (Lipinski definition) is 0. The molecule has 1 aromatic heterocycles. The molecule has 0 radical (unpaired) electrons. The Morgan fingerprint density at radius 3 is 2.79 bits per heavy atom. The summed E-state index contributed by atoms with van der Waals surface area (Å²) in [6, 6.07) is 0. The zero-order valence-electron chi connectivity index (χ0n) is 8.64. The van der Waals surface area contributed by atoms with E-state index in [0.717, 1.165) is 17.2 Å². The maximum absolute atomic E-state index is 6.15. The molecule has 1 aromatic rings. The van der Waals surface area contributed by atoms with Crippen molar-refractivity contribution in [2.24, 2.45) is 0 Å². The van der Waals surface area contributed by atoms with E-state index in [2.05, 4.69) is 20.4 Å². The lowest BCUT2D eigenvalue weighted by molar-refractivity contribution is 0.918. The molecule has 0 nitrogen and oxygen atoms in total. The van der Waals surface area contributed by atoms with Gasteiger partial charge < -0.3 is 0 Å². The summed E-state index contributed by atoms with van der Waals surface area (Å²) in [5, 5.41) is 0. The zero-order chi connectivity index (χ0) is 10.6. The minimum atomic E-state index is 0.893. The van der Waals surface area contributed by atoms with E-state index < -0.39 is 0 Å². The second-order valence-corrected chi connectivity index (χ2v) is 5.00. The zero-order valence-corrected chi connectivity index (χ0v) is 10.2. The summed E-state index contributed by atoms with van der Waals surface area (Å²) in [6.07, 6.45) is 8.02. The van der Waals surface area contributed by atoms with Crippen LogP contribution in [0.2, 0.25) is 4.34 Å². The standard InChI is InChI=1S/C12H15ClS/c1-4-6-8-11-10(7-5-2)9(3)14-12(11)13/h4,6,8H,1,5,7H2,2-3H3/b8-6-. The molecule has 0 unspecified atom stereocenters. The van der Waals surface area contributed by atoms with Crippen LogP contribution in [-0.4, -0.2) is 0 Å². The molecule has 1 heterocycles. The maximum Gasteiger partial charge on any atom is 0.101 e. The SMILES string of the molecule is C=C/C=C\c1c(Cl)sc(C)c1CCC. The molecule has 1 rings (SSSR count). The molecular weight excluding hydrogens is 212 g/mol. The van der Waals surface area contributed by atoms with Crippen molar-refractivity contribution in [2.75, 3.05) is 0 Å². The van der Waals surface area contributed by atoms with Gasteiger partial charge in [-0.3, -0.25) is 0 Å². The molecule has 76 valence electrons. The fourth-order valence-electron chi connectivity index (χ4n) is 1.45. The van der Waals surface area contributed by atoms with Gasteiger partial charge in [-0.05, 0) is 18.9 Å². The molecule has 0 aliphatic rings. The Morgan fingerprint density at radius 2 is 2.21 bits per heavy atom. The first kappa shape index (κ1) is 11.5. The third-order valence-electron chi connectivity index (χ3n) is 2.10. The van der Waals surface area contributed by atoms with Crippen molar-refractivity contribution < 1.29 is 0 Å². The predicted octanol–water partition coefficient (Wildman–Crippen LogP) is 4.86. The Hall–Kier alpha value is -0.530. The van der Waals surface area contributed by atoms with Gasteiger partial charge in [0.1, 0.15) is 4.34 Å². The molecule has 0 N–H and O–H groups in total. The maximum atomic E-state index is 6.15. The quantitative estimate of drug-likeness (QED) is 0.643. The first-order valence-corrected chi connectivity index (χ1v) is 5.97. The van der Waals surface area contributed by atoms with E-state index in [1.54, 1.807) is 17.4 Å². The largest absolute Gasteiger partial charge is 0.128 e. The molecule has 0 bridgehead atoms. The lowest BCUT2D eigenvalue weighted by atomic mass is 10.1. The van der Waals surface area contributed by atoms with Crippen LogP contribution >= 0.6 is 22.9 Å². The van der Waals surface area contributed by atoms with E-state index in [1.807, 2.05) is 12.2 Å². The van der Waals surface area contributed by atoms with Crippen molar-refractivity contribution in [3.8, 4) is 0 Å². The Balaban J connectivity index is 3.10. The third kappa shape index (κ3) is 2.49. The van der Waals surface area contributed by atoms with E-state index in [9.17, 15) is 0 Å². The molecule has 0 atom stereocenters. The molecular formula is C12H15ClS. The highest BCUT2D eigenvalue weighted by Crippen LogP contribution is 2.34. The summed E-state index contributed by atoms with van der Waals surface area (Å²) >= 11 is 7.82. The summed E-state index contributed by atoms with van der Waals surface area (Å²) in [4.78, 5) is 1.33. The molecule has 0 amide bonds. The fraction of sp³-hybridized carbons (Fsp3) is 0.333. The Kier molecular flexibility index (Phi) is 4.43. The van der Waals surface area contributed by atoms with Crippen LogP contribution in [0.15, 0.2) is 18.7 Å². The first-order valence-electron chi connectivity index (χ1n) is 4.77. The highest BCUT2D eigenvalue weighted by atomic mass is 35.5. The first-order chi connectivity index (χ1) is 6.70. The van der Waals surface area contributed by atoms with Gasteiger partial charge in [0.2, 0.25) is 0 Å². The fourth-order valence-corrected chi connectivity index (χ4v) is 2.88. The van der Waals surface area contributed by atoms with Crippen LogP contribution in [0.1, 0.15) is 29.3 Å². The average molecular weight is 227 g/mol. The number of rotatable bonds is 4. The van der Waals surface area contributed by atoms with Gasteiger partial charge >= 0.3 is 0 Å². The molecule has 0 saturated carbocycles. The summed E-state index contributed by atoms with van der Waals surface area (Å²) in [6.45, 7) is 7.98. The number of thiophene rings is 1. The van der Waals surface area contributed by atoms with Crippen molar-refractivity contribution in [1.29, 1.82) is 0 Å². The van der Waals surface area contributed by atoms with Gasteiger partial charge in [0, 0.05) is 10.4 Å². The average Bonchev–Trinajstić information content (AvgIpc) is 2.40. The van der Waals surface area contributed by atoms with Crippen LogP contribution < -0.4 is 0 Å². The summed E-state index contributed by atoms with van der Waals surface area (Å²) in [5.41, 5.74) is 2.57. The van der Waals surface area contributed by atoms with E-state index in [-0.39, 0.29) is 0 Å². The van der Waals surface area contributed by atoms with Crippen LogP contribution in [0, 0.1) is 6.92 Å². The molecule has 14 heavy (non-hydrogen) atoms. The topological polar surface area (TPSA) is 0 Å². The molecule has 0 aliphatic carbocycles. The highest BCUT2D eigenvalue weighted by molar-refractivity contribution is 7.16. The van der Waals surface area contributed by atoms with Crippen molar-refractivity contribution in [3.63, 3.8) is 0 Å². The number of aryl methyl sites for hydroxylation is 1. The summed E-state index contributed by atoms with van der Waals surface area (Å²) in [7, 11) is 0. The number of allylic oxidation sites excluding steroid dienone is 2. The molecule has 2 heteroatoms. The minimum absolute atomic E-state index is 0.893. The molecule has 0 aromatic carbocycles. The lowest BCUT2D eigenvalue weighted by Gasteiger charge is -1.99. The van der Waals surface area contributed by atoms with Gasteiger partial charge in [-0.25, -0.2) is 0 Å². The summed E-state index contributed by atoms with van der Waals surface area (Å²) < 4.78 is 0.893.